The van der Waals surface area contributed by atoms with Crippen molar-refractivity contribution in [3.63, 3.8) is 0 Å². The van der Waals surface area contributed by atoms with Gasteiger partial charge in [-0.25, -0.2) is 4.39 Å². The fourth-order valence-electron chi connectivity index (χ4n) is 2.18. The Kier molecular flexibility index (Phi) is 5.22. The van der Waals surface area contributed by atoms with Crippen LogP contribution < -0.4 is 5.32 Å². The Bertz CT molecular complexity index is 950. The van der Waals surface area contributed by atoms with Crippen molar-refractivity contribution in [2.45, 2.75) is 0 Å². The van der Waals surface area contributed by atoms with Crippen LogP contribution in [0.1, 0.15) is 5.76 Å². The highest BCUT2D eigenvalue weighted by Gasteiger charge is 2.08. The van der Waals surface area contributed by atoms with Crippen molar-refractivity contribution in [2.24, 2.45) is 0 Å². The molecule has 0 saturated heterocycles. The molecule has 1 N–H and O–H groups in total. The smallest absolute Gasteiger partial charge is 0.248 e. The van der Waals surface area contributed by atoms with Crippen LogP contribution >= 0.6 is 23.2 Å². The van der Waals surface area contributed by atoms with Crippen molar-refractivity contribution in [3.8, 4) is 11.3 Å². The highest BCUT2D eigenvalue weighted by Crippen LogP contribution is 2.31. The summed E-state index contributed by atoms with van der Waals surface area (Å²) in [5.74, 6) is 0.229. The molecule has 0 bridgehead atoms. The molecule has 0 spiro atoms. The van der Waals surface area contributed by atoms with E-state index < -0.39 is 11.7 Å². The van der Waals surface area contributed by atoms with E-state index in [0.29, 0.717) is 32.8 Å². The molecule has 0 saturated carbocycles. The van der Waals surface area contributed by atoms with Crippen LogP contribution in [-0.2, 0) is 4.79 Å². The maximum atomic E-state index is 13.1. The average molecular weight is 376 g/mol. The molecule has 25 heavy (non-hydrogen) atoms. The lowest BCUT2D eigenvalue weighted by atomic mass is 10.2. The molecule has 2 aromatic carbocycles. The molecule has 1 heterocycles. The van der Waals surface area contributed by atoms with Gasteiger partial charge < -0.3 is 9.73 Å². The van der Waals surface area contributed by atoms with E-state index in [4.69, 9.17) is 27.6 Å². The summed E-state index contributed by atoms with van der Waals surface area (Å²) in [6.45, 7) is 0. The number of hydrogen-bond acceptors (Lipinski definition) is 2. The number of nitrogens with one attached hydrogen (secondary N) is 1. The molecule has 0 aliphatic heterocycles. The van der Waals surface area contributed by atoms with Crippen LogP contribution in [0.15, 0.2) is 65.1 Å². The molecule has 1 aromatic heterocycles. The van der Waals surface area contributed by atoms with Crippen molar-refractivity contribution in [2.75, 3.05) is 5.32 Å². The lowest BCUT2D eigenvalue weighted by Crippen LogP contribution is -2.07. The Hall–Kier alpha value is -2.56. The molecule has 126 valence electrons. The first kappa shape index (κ1) is 17.3. The van der Waals surface area contributed by atoms with Gasteiger partial charge in [0.25, 0.3) is 0 Å². The van der Waals surface area contributed by atoms with Crippen LogP contribution in [0, 0.1) is 5.82 Å². The van der Waals surface area contributed by atoms with Gasteiger partial charge in [-0.1, -0.05) is 29.3 Å². The van der Waals surface area contributed by atoms with Crippen LogP contribution in [0.3, 0.4) is 0 Å². The first-order valence-corrected chi connectivity index (χ1v) is 8.07. The topological polar surface area (TPSA) is 42.2 Å². The van der Waals surface area contributed by atoms with E-state index in [-0.39, 0.29) is 0 Å². The lowest BCUT2D eigenvalue weighted by Gasteiger charge is -2.01. The van der Waals surface area contributed by atoms with Crippen LogP contribution in [0.25, 0.3) is 17.4 Å². The maximum absolute atomic E-state index is 13.1. The first-order chi connectivity index (χ1) is 12.0. The molecule has 3 nitrogen and oxygen atoms in total. The Balaban J connectivity index is 1.70. The third-order valence-corrected chi connectivity index (χ3v) is 3.86. The Morgan fingerprint density at radius 1 is 1.08 bits per heavy atom. The van der Waals surface area contributed by atoms with Crippen molar-refractivity contribution in [3.05, 3.63) is 82.3 Å². The van der Waals surface area contributed by atoms with E-state index in [0.717, 1.165) is 0 Å². The monoisotopic (exact) mass is 375 g/mol. The van der Waals surface area contributed by atoms with Gasteiger partial charge in [0.15, 0.2) is 0 Å². The molecule has 0 aliphatic rings. The van der Waals surface area contributed by atoms with Gasteiger partial charge in [0.05, 0.1) is 5.02 Å². The molecule has 0 aliphatic carbocycles. The number of benzene rings is 2. The normalized spacial score (nSPS) is 11.0. The number of carbonyl (C=O) groups is 1. The second-order valence-electron chi connectivity index (χ2n) is 5.16. The minimum atomic E-state index is -0.419. The van der Waals surface area contributed by atoms with Gasteiger partial charge in [0.2, 0.25) is 5.91 Å². The van der Waals surface area contributed by atoms with Crippen LogP contribution in [0.2, 0.25) is 10.0 Å². The van der Waals surface area contributed by atoms with Crippen molar-refractivity contribution < 1.29 is 13.6 Å². The predicted octanol–water partition coefficient (Wildman–Crippen LogP) is 6.04. The molecule has 0 atom stereocenters. The summed E-state index contributed by atoms with van der Waals surface area (Å²) in [6, 6.07) is 14.2. The summed E-state index contributed by atoms with van der Waals surface area (Å²) in [5.41, 5.74) is 1.08. The number of amides is 1. The number of anilines is 1. The summed E-state index contributed by atoms with van der Waals surface area (Å²) < 4.78 is 18.7. The van der Waals surface area contributed by atoms with E-state index in [2.05, 4.69) is 5.32 Å². The Morgan fingerprint density at radius 3 is 2.68 bits per heavy atom. The third-order valence-electron chi connectivity index (χ3n) is 3.31. The summed E-state index contributed by atoms with van der Waals surface area (Å²) in [6.07, 6.45) is 2.82. The van der Waals surface area contributed by atoms with Crippen molar-refractivity contribution >= 4 is 40.9 Å². The van der Waals surface area contributed by atoms with E-state index in [1.807, 2.05) is 0 Å². The number of hydrogen-bond donors (Lipinski definition) is 1. The van der Waals surface area contributed by atoms with Gasteiger partial charge in [-0.15, -0.1) is 0 Å². The zero-order valence-electron chi connectivity index (χ0n) is 12.8. The van der Waals surface area contributed by atoms with E-state index in [1.54, 1.807) is 36.4 Å². The number of halogens is 3. The van der Waals surface area contributed by atoms with Crippen molar-refractivity contribution in [1.29, 1.82) is 0 Å². The molecular weight excluding hydrogens is 364 g/mol. The van der Waals surface area contributed by atoms with Gasteiger partial charge in [-0.05, 0) is 54.6 Å². The second kappa shape index (κ2) is 7.55. The standard InChI is InChI=1S/C19H12Cl2FNO2/c20-12-4-7-16(17(21)10-12)18-8-5-15(25-18)6-9-19(24)23-14-3-1-2-13(22)11-14/h1-11H,(H,23,24)/b9-6+. The van der Waals surface area contributed by atoms with Gasteiger partial charge in [-0.3, -0.25) is 4.79 Å². The molecule has 0 radical (unpaired) electrons. The largest absolute Gasteiger partial charge is 0.457 e. The van der Waals surface area contributed by atoms with Crippen LogP contribution in [0.5, 0.6) is 0 Å². The Morgan fingerprint density at radius 2 is 1.92 bits per heavy atom. The highest BCUT2D eigenvalue weighted by atomic mass is 35.5. The number of carbonyl (C=O) groups excluding carboxylic acids is 1. The van der Waals surface area contributed by atoms with E-state index in [1.165, 1.54) is 30.4 Å². The SMILES string of the molecule is O=C(/C=C/c1ccc(-c2ccc(Cl)cc2Cl)o1)Nc1cccc(F)c1. The van der Waals surface area contributed by atoms with Gasteiger partial charge in [0.1, 0.15) is 17.3 Å². The zero-order valence-corrected chi connectivity index (χ0v) is 14.3. The summed E-state index contributed by atoms with van der Waals surface area (Å²) >= 11 is 12.0. The summed E-state index contributed by atoms with van der Waals surface area (Å²) in [5, 5.41) is 3.57. The lowest BCUT2D eigenvalue weighted by molar-refractivity contribution is -0.111. The maximum Gasteiger partial charge on any atom is 0.248 e. The number of furan rings is 1. The number of rotatable bonds is 4. The minimum absolute atomic E-state index is 0.378. The first-order valence-electron chi connectivity index (χ1n) is 7.31. The fourth-order valence-corrected chi connectivity index (χ4v) is 2.69. The Labute approximate surface area is 153 Å². The summed E-state index contributed by atoms with van der Waals surface area (Å²) in [4.78, 5) is 11.9. The molecule has 3 rings (SSSR count). The fraction of sp³-hybridized carbons (Fsp3) is 0. The summed E-state index contributed by atoms with van der Waals surface area (Å²) in [7, 11) is 0. The minimum Gasteiger partial charge on any atom is -0.457 e. The quantitative estimate of drug-likeness (QED) is 0.564. The van der Waals surface area contributed by atoms with Gasteiger partial charge in [0, 0.05) is 22.3 Å². The molecule has 0 unspecified atom stereocenters. The molecule has 0 fully saturated rings. The molecular formula is C19H12Cl2FNO2. The van der Waals surface area contributed by atoms with Gasteiger partial charge >= 0.3 is 0 Å². The highest BCUT2D eigenvalue weighted by molar-refractivity contribution is 6.36. The second-order valence-corrected chi connectivity index (χ2v) is 6.00. The predicted molar refractivity (Wildman–Crippen MR) is 98.2 cm³/mol. The molecule has 1 amide bonds. The van der Waals surface area contributed by atoms with E-state index in [9.17, 15) is 9.18 Å². The molecule has 3 aromatic rings. The third kappa shape index (κ3) is 4.50. The van der Waals surface area contributed by atoms with E-state index >= 15 is 0 Å². The average Bonchev–Trinajstić information content (AvgIpc) is 3.01. The van der Waals surface area contributed by atoms with Crippen LogP contribution in [0.4, 0.5) is 10.1 Å². The van der Waals surface area contributed by atoms with Crippen LogP contribution in [-0.4, -0.2) is 5.91 Å². The molecule has 6 heteroatoms. The van der Waals surface area contributed by atoms with Crippen molar-refractivity contribution in [1.82, 2.24) is 0 Å². The zero-order chi connectivity index (χ0) is 17.8. The van der Waals surface area contributed by atoms with Gasteiger partial charge in [-0.2, -0.15) is 0 Å².